The van der Waals surface area contributed by atoms with Gasteiger partial charge in [-0.25, -0.2) is 9.59 Å². The molecule has 0 saturated heterocycles. The van der Waals surface area contributed by atoms with E-state index >= 15 is 0 Å². The number of ether oxygens (including phenoxy) is 2. The highest BCUT2D eigenvalue weighted by molar-refractivity contribution is 7.20. The Morgan fingerprint density at radius 2 is 1.68 bits per heavy atom. The van der Waals surface area contributed by atoms with Crippen LogP contribution in [0.2, 0.25) is 0 Å². The molecule has 0 bridgehead atoms. The molecule has 0 atom stereocenters. The van der Waals surface area contributed by atoms with E-state index in [-0.39, 0.29) is 28.5 Å². The third-order valence-corrected chi connectivity index (χ3v) is 5.81. The van der Waals surface area contributed by atoms with E-state index in [9.17, 15) is 19.2 Å². The van der Waals surface area contributed by atoms with Gasteiger partial charge in [0.15, 0.2) is 12.0 Å². The molecule has 0 aliphatic rings. The van der Waals surface area contributed by atoms with Crippen LogP contribution in [0.3, 0.4) is 0 Å². The lowest BCUT2D eigenvalue weighted by atomic mass is 10.1. The van der Waals surface area contributed by atoms with Crippen LogP contribution in [0.15, 0.2) is 75.9 Å². The largest absolute Gasteiger partial charge is 0.462 e. The van der Waals surface area contributed by atoms with E-state index in [1.807, 2.05) is 30.3 Å². The fourth-order valence-corrected chi connectivity index (χ4v) is 4.23. The summed E-state index contributed by atoms with van der Waals surface area (Å²) in [5.74, 6) is -2.51. The van der Waals surface area contributed by atoms with Crippen molar-refractivity contribution in [3.8, 4) is 10.4 Å². The number of rotatable bonds is 7. The zero-order valence-corrected chi connectivity index (χ0v) is 18.8. The number of thiophene rings is 1. The number of hydrogen-bond acceptors (Lipinski definition) is 8. The highest BCUT2D eigenvalue weighted by Gasteiger charge is 2.21. The normalized spacial score (nSPS) is 10.6. The summed E-state index contributed by atoms with van der Waals surface area (Å²) in [6.45, 7) is 1.22. The van der Waals surface area contributed by atoms with E-state index < -0.39 is 29.9 Å². The van der Waals surface area contributed by atoms with E-state index in [0.717, 1.165) is 16.5 Å². The summed E-state index contributed by atoms with van der Waals surface area (Å²) in [6.07, 6.45) is 0. The first kappa shape index (κ1) is 22.9. The molecule has 4 aromatic rings. The molecule has 0 fully saturated rings. The van der Waals surface area contributed by atoms with Crippen LogP contribution < -0.4 is 10.7 Å². The molecule has 34 heavy (non-hydrogen) atoms. The lowest BCUT2D eigenvalue weighted by molar-refractivity contribution is -0.119. The molecule has 9 heteroatoms. The molecule has 2 aromatic heterocycles. The SMILES string of the molecule is CCOC(=O)c1cc(-c2ccccc2)sc1NC(=O)COC(=O)c1cc(=O)c2ccccc2o1. The molecule has 0 spiro atoms. The summed E-state index contributed by atoms with van der Waals surface area (Å²) >= 11 is 1.20. The van der Waals surface area contributed by atoms with Crippen molar-refractivity contribution in [3.05, 3.63) is 88.3 Å². The van der Waals surface area contributed by atoms with Crippen LogP contribution in [-0.2, 0) is 14.3 Å². The fraction of sp³-hybridized carbons (Fsp3) is 0.120. The van der Waals surface area contributed by atoms with E-state index in [4.69, 9.17) is 13.9 Å². The number of anilines is 1. The van der Waals surface area contributed by atoms with Gasteiger partial charge in [0.05, 0.1) is 17.6 Å². The average Bonchev–Trinajstić information content (AvgIpc) is 3.27. The maximum absolute atomic E-state index is 12.5. The van der Waals surface area contributed by atoms with E-state index in [1.165, 1.54) is 11.3 Å². The van der Waals surface area contributed by atoms with Crippen molar-refractivity contribution in [1.29, 1.82) is 0 Å². The average molecular weight is 477 g/mol. The highest BCUT2D eigenvalue weighted by Crippen LogP contribution is 2.36. The Balaban J connectivity index is 1.48. The Labute approximate surface area is 197 Å². The van der Waals surface area contributed by atoms with Crippen LogP contribution >= 0.6 is 11.3 Å². The first-order chi connectivity index (χ1) is 16.5. The number of carbonyl (C=O) groups is 3. The second-order valence-corrected chi connectivity index (χ2v) is 8.09. The van der Waals surface area contributed by atoms with E-state index in [1.54, 1.807) is 37.3 Å². The predicted octanol–water partition coefficient (Wildman–Crippen LogP) is 4.49. The van der Waals surface area contributed by atoms with Gasteiger partial charge >= 0.3 is 11.9 Å². The number of nitrogens with one attached hydrogen (secondary N) is 1. The number of hydrogen-bond donors (Lipinski definition) is 1. The number of esters is 2. The van der Waals surface area contributed by atoms with Gasteiger partial charge in [0.25, 0.3) is 5.91 Å². The van der Waals surface area contributed by atoms with E-state index in [0.29, 0.717) is 5.39 Å². The van der Waals surface area contributed by atoms with Gasteiger partial charge in [0.1, 0.15) is 10.6 Å². The van der Waals surface area contributed by atoms with Crippen molar-refractivity contribution in [2.75, 3.05) is 18.5 Å². The molecule has 0 unspecified atom stereocenters. The Morgan fingerprint density at radius 1 is 0.941 bits per heavy atom. The van der Waals surface area contributed by atoms with E-state index in [2.05, 4.69) is 5.32 Å². The van der Waals surface area contributed by atoms with Crippen LogP contribution in [0.1, 0.15) is 27.8 Å². The molecule has 172 valence electrons. The summed E-state index contributed by atoms with van der Waals surface area (Å²) in [7, 11) is 0. The topological polar surface area (TPSA) is 112 Å². The molecule has 2 aromatic carbocycles. The van der Waals surface area contributed by atoms with Crippen molar-refractivity contribution in [2.45, 2.75) is 6.92 Å². The third kappa shape index (κ3) is 5.05. The standard InChI is InChI=1S/C25H19NO7S/c1-2-31-24(29)17-12-21(15-8-4-3-5-9-15)34-23(17)26-22(28)14-32-25(30)20-13-18(27)16-10-6-7-11-19(16)33-20/h3-13H,2,14H2,1H3,(H,26,28). The van der Waals surface area contributed by atoms with Crippen molar-refractivity contribution < 1.29 is 28.3 Å². The maximum Gasteiger partial charge on any atom is 0.374 e. The molecular weight excluding hydrogens is 458 g/mol. The first-order valence-electron chi connectivity index (χ1n) is 10.3. The van der Waals surface area contributed by atoms with Crippen LogP contribution in [-0.4, -0.2) is 31.1 Å². The third-order valence-electron chi connectivity index (χ3n) is 4.71. The molecule has 0 aliphatic heterocycles. The highest BCUT2D eigenvalue weighted by atomic mass is 32.1. The number of carbonyl (C=O) groups excluding carboxylic acids is 3. The lowest BCUT2D eigenvalue weighted by Gasteiger charge is -2.07. The molecule has 0 saturated carbocycles. The molecule has 1 N–H and O–H groups in total. The Bertz CT molecular complexity index is 1420. The van der Waals surface area contributed by atoms with Gasteiger partial charge in [-0.05, 0) is 30.7 Å². The quantitative estimate of drug-likeness (QED) is 0.390. The van der Waals surface area contributed by atoms with Gasteiger partial charge in [-0.1, -0.05) is 42.5 Å². The molecular formula is C25H19NO7S. The number of benzene rings is 2. The molecule has 0 radical (unpaired) electrons. The first-order valence-corrected chi connectivity index (χ1v) is 11.1. The molecule has 2 heterocycles. The van der Waals surface area contributed by atoms with Crippen LogP contribution in [0, 0.1) is 0 Å². The zero-order valence-electron chi connectivity index (χ0n) is 18.0. The molecule has 8 nitrogen and oxygen atoms in total. The van der Waals surface area contributed by atoms with Gasteiger partial charge in [0.2, 0.25) is 5.76 Å². The Morgan fingerprint density at radius 3 is 2.44 bits per heavy atom. The number of fused-ring (bicyclic) bond motifs is 1. The summed E-state index contributed by atoms with van der Waals surface area (Å²) in [6, 6.07) is 18.5. The smallest absolute Gasteiger partial charge is 0.374 e. The van der Waals surface area contributed by atoms with Gasteiger partial charge in [-0.15, -0.1) is 11.3 Å². The van der Waals surface area contributed by atoms with Gasteiger partial charge < -0.3 is 19.2 Å². The summed E-state index contributed by atoms with van der Waals surface area (Å²) in [4.78, 5) is 50.1. The molecule has 0 aliphatic carbocycles. The van der Waals surface area contributed by atoms with Crippen molar-refractivity contribution in [3.63, 3.8) is 0 Å². The minimum atomic E-state index is -0.959. The van der Waals surface area contributed by atoms with Crippen molar-refractivity contribution in [2.24, 2.45) is 0 Å². The van der Waals surface area contributed by atoms with Crippen LogP contribution in [0.5, 0.6) is 0 Å². The zero-order chi connectivity index (χ0) is 24.1. The van der Waals surface area contributed by atoms with Gasteiger partial charge in [-0.2, -0.15) is 0 Å². The predicted molar refractivity (Wildman–Crippen MR) is 127 cm³/mol. The Hall–Kier alpha value is -4.24. The monoisotopic (exact) mass is 477 g/mol. The summed E-state index contributed by atoms with van der Waals surface area (Å²) < 4.78 is 15.5. The van der Waals surface area contributed by atoms with Gasteiger partial charge in [0, 0.05) is 10.9 Å². The lowest BCUT2D eigenvalue weighted by Crippen LogP contribution is -2.22. The minimum absolute atomic E-state index is 0.178. The van der Waals surface area contributed by atoms with Crippen molar-refractivity contribution >= 4 is 45.2 Å². The fourth-order valence-electron chi connectivity index (χ4n) is 3.16. The van der Waals surface area contributed by atoms with Crippen LogP contribution in [0.4, 0.5) is 5.00 Å². The van der Waals surface area contributed by atoms with Crippen molar-refractivity contribution in [1.82, 2.24) is 0 Å². The minimum Gasteiger partial charge on any atom is -0.462 e. The molecule has 1 amide bonds. The second-order valence-electron chi connectivity index (χ2n) is 7.04. The maximum atomic E-state index is 12.5. The summed E-state index contributed by atoms with van der Waals surface area (Å²) in [5.41, 5.74) is 0.907. The molecule has 4 rings (SSSR count). The van der Waals surface area contributed by atoms with Gasteiger partial charge in [-0.3, -0.25) is 9.59 Å². The number of amides is 1. The second kappa shape index (κ2) is 10.1. The van der Waals surface area contributed by atoms with Crippen LogP contribution in [0.25, 0.3) is 21.4 Å². The summed E-state index contributed by atoms with van der Waals surface area (Å²) in [5, 5.41) is 3.20. The Kier molecular flexibility index (Phi) is 6.84. The number of para-hydroxylation sites is 1.